The molecule has 14 heavy (non-hydrogen) atoms. The SMILES string of the molecule is OCCC#Cc1cnc(C(F)(F)F)s1. The van der Waals surface area contributed by atoms with Crippen LogP contribution in [0.5, 0.6) is 0 Å². The molecule has 76 valence electrons. The fourth-order valence-corrected chi connectivity index (χ4v) is 1.33. The van der Waals surface area contributed by atoms with Crippen LogP contribution in [0.15, 0.2) is 6.20 Å². The molecule has 0 atom stereocenters. The van der Waals surface area contributed by atoms with Crippen molar-refractivity contribution in [3.63, 3.8) is 0 Å². The molecule has 0 aliphatic carbocycles. The van der Waals surface area contributed by atoms with Gasteiger partial charge in [0.2, 0.25) is 0 Å². The van der Waals surface area contributed by atoms with E-state index in [0.717, 1.165) is 6.20 Å². The first-order valence-corrected chi connectivity index (χ1v) is 4.48. The zero-order valence-electron chi connectivity index (χ0n) is 6.93. The molecule has 1 N–H and O–H groups in total. The smallest absolute Gasteiger partial charge is 0.395 e. The van der Waals surface area contributed by atoms with Gasteiger partial charge in [-0.05, 0) is 0 Å². The lowest BCUT2D eigenvalue weighted by Gasteiger charge is -1.98. The van der Waals surface area contributed by atoms with Gasteiger partial charge in [-0.1, -0.05) is 11.8 Å². The largest absolute Gasteiger partial charge is 0.443 e. The monoisotopic (exact) mass is 221 g/mol. The fraction of sp³-hybridized carbons (Fsp3) is 0.375. The lowest BCUT2D eigenvalue weighted by molar-refractivity contribution is -0.137. The van der Waals surface area contributed by atoms with Gasteiger partial charge in [0.15, 0.2) is 5.01 Å². The quantitative estimate of drug-likeness (QED) is 0.735. The van der Waals surface area contributed by atoms with Gasteiger partial charge in [-0.25, -0.2) is 4.98 Å². The number of thiazole rings is 1. The molecule has 0 aliphatic heterocycles. The summed E-state index contributed by atoms with van der Waals surface area (Å²) in [5.41, 5.74) is 0. The van der Waals surface area contributed by atoms with E-state index in [1.807, 2.05) is 0 Å². The van der Waals surface area contributed by atoms with Gasteiger partial charge in [0.1, 0.15) is 0 Å². The first-order chi connectivity index (χ1) is 6.54. The predicted molar refractivity (Wildman–Crippen MR) is 45.7 cm³/mol. The van der Waals surface area contributed by atoms with E-state index < -0.39 is 11.2 Å². The van der Waals surface area contributed by atoms with E-state index >= 15 is 0 Å². The molecule has 0 aromatic carbocycles. The molecule has 0 spiro atoms. The van der Waals surface area contributed by atoms with Crippen LogP contribution in [0.25, 0.3) is 0 Å². The van der Waals surface area contributed by atoms with E-state index in [4.69, 9.17) is 5.11 Å². The molecule has 0 saturated carbocycles. The molecule has 6 heteroatoms. The highest BCUT2D eigenvalue weighted by Gasteiger charge is 2.34. The van der Waals surface area contributed by atoms with Crippen LogP contribution in [-0.2, 0) is 6.18 Å². The minimum absolute atomic E-state index is 0.0993. The second kappa shape index (κ2) is 4.44. The standard InChI is InChI=1S/C8H6F3NOS/c9-8(10,11)7-12-5-6(14-7)3-1-2-4-13/h5,13H,2,4H2. The molecule has 0 saturated heterocycles. The highest BCUT2D eigenvalue weighted by atomic mass is 32.1. The predicted octanol–water partition coefficient (Wildman–Crippen LogP) is 1.90. The molecule has 1 heterocycles. The molecule has 0 fully saturated rings. The van der Waals surface area contributed by atoms with Crippen LogP contribution >= 0.6 is 11.3 Å². The Hall–Kier alpha value is -1.06. The summed E-state index contributed by atoms with van der Waals surface area (Å²) in [7, 11) is 0. The Balaban J connectivity index is 2.75. The number of rotatable bonds is 1. The van der Waals surface area contributed by atoms with E-state index in [0.29, 0.717) is 11.3 Å². The van der Waals surface area contributed by atoms with Crippen LogP contribution in [0.4, 0.5) is 13.2 Å². The second-order valence-electron chi connectivity index (χ2n) is 2.30. The number of nitrogens with zero attached hydrogens (tertiary/aromatic N) is 1. The van der Waals surface area contributed by atoms with Gasteiger partial charge < -0.3 is 5.11 Å². The molecular formula is C8H6F3NOS. The summed E-state index contributed by atoms with van der Waals surface area (Å²) in [6, 6.07) is 0. The van der Waals surface area contributed by atoms with E-state index in [1.165, 1.54) is 0 Å². The van der Waals surface area contributed by atoms with Crippen molar-refractivity contribution in [1.82, 2.24) is 4.98 Å². The molecule has 1 aromatic rings. The zero-order chi connectivity index (χ0) is 10.6. The number of alkyl halides is 3. The van der Waals surface area contributed by atoms with E-state index in [2.05, 4.69) is 16.8 Å². The third kappa shape index (κ3) is 3.01. The molecule has 0 bridgehead atoms. The van der Waals surface area contributed by atoms with Gasteiger partial charge >= 0.3 is 6.18 Å². The van der Waals surface area contributed by atoms with Gasteiger partial charge in [-0.2, -0.15) is 13.2 Å². The highest BCUT2D eigenvalue weighted by Crippen LogP contribution is 2.31. The molecule has 0 unspecified atom stereocenters. The lowest BCUT2D eigenvalue weighted by Crippen LogP contribution is -2.02. The van der Waals surface area contributed by atoms with Crippen molar-refractivity contribution in [2.75, 3.05) is 6.61 Å². The van der Waals surface area contributed by atoms with Gasteiger partial charge in [0, 0.05) is 6.42 Å². The first-order valence-electron chi connectivity index (χ1n) is 3.67. The van der Waals surface area contributed by atoms with Crippen LogP contribution < -0.4 is 0 Å². The van der Waals surface area contributed by atoms with Crippen LogP contribution in [0.3, 0.4) is 0 Å². The Labute approximate surface area is 82.4 Å². The Kier molecular flexibility index (Phi) is 3.49. The maximum absolute atomic E-state index is 12.0. The van der Waals surface area contributed by atoms with Gasteiger partial charge in [0.25, 0.3) is 0 Å². The Morgan fingerprint density at radius 2 is 2.21 bits per heavy atom. The van der Waals surface area contributed by atoms with Crippen molar-refractivity contribution < 1.29 is 18.3 Å². The van der Waals surface area contributed by atoms with E-state index in [9.17, 15) is 13.2 Å². The summed E-state index contributed by atoms with van der Waals surface area (Å²) in [5.74, 6) is 5.00. The third-order valence-electron chi connectivity index (χ3n) is 1.20. The molecule has 1 aromatic heterocycles. The van der Waals surface area contributed by atoms with Crippen molar-refractivity contribution in [1.29, 1.82) is 0 Å². The Bertz CT molecular complexity index is 361. The maximum Gasteiger partial charge on any atom is 0.443 e. The van der Waals surface area contributed by atoms with Gasteiger partial charge in [-0.15, -0.1) is 11.3 Å². The number of halogens is 3. The van der Waals surface area contributed by atoms with Crippen LogP contribution in [0.1, 0.15) is 16.3 Å². The highest BCUT2D eigenvalue weighted by molar-refractivity contribution is 7.12. The third-order valence-corrected chi connectivity index (χ3v) is 2.15. The number of aliphatic hydroxyl groups is 1. The zero-order valence-corrected chi connectivity index (χ0v) is 7.74. The topological polar surface area (TPSA) is 33.1 Å². The van der Waals surface area contributed by atoms with Crippen molar-refractivity contribution in [2.45, 2.75) is 12.6 Å². The van der Waals surface area contributed by atoms with Crippen molar-refractivity contribution >= 4 is 11.3 Å². The Morgan fingerprint density at radius 1 is 1.50 bits per heavy atom. The number of hydrogen-bond acceptors (Lipinski definition) is 3. The summed E-state index contributed by atoms with van der Waals surface area (Å²) in [6.07, 6.45) is -3.07. The minimum Gasteiger partial charge on any atom is -0.395 e. The average Bonchev–Trinajstić information content (AvgIpc) is 2.52. The van der Waals surface area contributed by atoms with Crippen molar-refractivity contribution in [3.05, 3.63) is 16.1 Å². The maximum atomic E-state index is 12.0. The lowest BCUT2D eigenvalue weighted by atomic mass is 10.4. The van der Waals surface area contributed by atoms with Crippen molar-refractivity contribution in [2.24, 2.45) is 0 Å². The van der Waals surface area contributed by atoms with Gasteiger partial charge in [0.05, 0.1) is 17.7 Å². The van der Waals surface area contributed by atoms with Crippen LogP contribution in [-0.4, -0.2) is 16.7 Å². The molecular weight excluding hydrogens is 215 g/mol. The second-order valence-corrected chi connectivity index (χ2v) is 3.33. The average molecular weight is 221 g/mol. The minimum atomic E-state index is -4.40. The molecule has 2 nitrogen and oxygen atoms in total. The van der Waals surface area contributed by atoms with Crippen molar-refractivity contribution in [3.8, 4) is 11.8 Å². The summed E-state index contributed by atoms with van der Waals surface area (Å²) in [4.78, 5) is 3.45. The van der Waals surface area contributed by atoms with Gasteiger partial charge in [-0.3, -0.25) is 0 Å². The Morgan fingerprint density at radius 3 is 2.71 bits per heavy atom. The molecule has 0 radical (unpaired) electrons. The summed E-state index contributed by atoms with van der Waals surface area (Å²) in [6.45, 7) is -0.0993. The summed E-state index contributed by atoms with van der Waals surface area (Å²) >= 11 is 0.499. The molecule has 0 aliphatic rings. The summed E-state index contributed by atoms with van der Waals surface area (Å²) < 4.78 is 36.1. The fourth-order valence-electron chi connectivity index (χ4n) is 0.668. The number of aliphatic hydroxyl groups excluding tert-OH is 1. The van der Waals surface area contributed by atoms with Crippen LogP contribution in [0, 0.1) is 11.8 Å². The first kappa shape index (κ1) is 11.0. The van der Waals surface area contributed by atoms with E-state index in [-0.39, 0.29) is 17.9 Å². The number of hydrogen-bond donors (Lipinski definition) is 1. The summed E-state index contributed by atoms with van der Waals surface area (Å²) in [5, 5.41) is 7.49. The van der Waals surface area contributed by atoms with E-state index in [1.54, 1.807) is 0 Å². The normalized spacial score (nSPS) is 10.9. The molecule has 1 rings (SSSR count). The van der Waals surface area contributed by atoms with Crippen LogP contribution in [0.2, 0.25) is 0 Å². The molecule has 0 amide bonds. The number of aromatic nitrogens is 1.